The first kappa shape index (κ1) is 46.8. The summed E-state index contributed by atoms with van der Waals surface area (Å²) in [6.45, 7) is 4.58. The van der Waals surface area contributed by atoms with Gasteiger partial charge in [0.05, 0.1) is 0 Å². The average molecular weight is 747 g/mol. The van der Waals surface area contributed by atoms with Crippen molar-refractivity contribution < 1.29 is 29.3 Å². The molecule has 6 heteroatoms. The number of unbranched alkanes of at least 4 members (excludes halogenated alkanes) is 28. The zero-order chi connectivity index (χ0) is 32.7. The molecule has 46 heavy (non-hydrogen) atoms. The SMILES string of the molecule is CCCCCCCCCCCCCCCCCc1ccc(SP([O-])([O-])=S)cc1CCCCCCCCCCCCCCCCC.[Zn+2]. The summed E-state index contributed by atoms with van der Waals surface area (Å²) in [5.74, 6) is 0. The Kier molecular flexibility index (Phi) is 34.8. The number of benzene rings is 1. The van der Waals surface area contributed by atoms with Crippen LogP contribution in [0.3, 0.4) is 0 Å². The topological polar surface area (TPSA) is 46.1 Å². The van der Waals surface area contributed by atoms with Crippen LogP contribution in [0.2, 0.25) is 0 Å². The molecule has 0 aliphatic heterocycles. The van der Waals surface area contributed by atoms with Crippen molar-refractivity contribution in [2.24, 2.45) is 0 Å². The molecule has 0 fully saturated rings. The number of aryl methyl sites for hydroxylation is 2. The third kappa shape index (κ3) is 30.8. The summed E-state index contributed by atoms with van der Waals surface area (Å²) in [6.07, 6.45) is 43.7. The van der Waals surface area contributed by atoms with Gasteiger partial charge in [0.1, 0.15) is 0 Å². The van der Waals surface area contributed by atoms with E-state index < -0.39 is 5.69 Å². The van der Waals surface area contributed by atoms with Crippen LogP contribution >= 0.6 is 17.1 Å². The molecule has 0 unspecified atom stereocenters. The molecule has 0 saturated heterocycles. The van der Waals surface area contributed by atoms with Gasteiger partial charge < -0.3 is 9.79 Å². The van der Waals surface area contributed by atoms with Crippen LogP contribution in [0.5, 0.6) is 0 Å². The Bertz CT molecular complexity index is 831. The molecule has 0 aliphatic rings. The van der Waals surface area contributed by atoms with Crippen LogP contribution in [0.15, 0.2) is 23.1 Å². The summed E-state index contributed by atoms with van der Waals surface area (Å²) in [7, 11) is 0. The van der Waals surface area contributed by atoms with Crippen molar-refractivity contribution in [3.05, 3.63) is 29.3 Å². The molecule has 0 aliphatic carbocycles. The molecule has 2 nitrogen and oxygen atoms in total. The van der Waals surface area contributed by atoms with Crippen LogP contribution in [-0.4, -0.2) is 0 Å². The molecule has 264 valence electrons. The number of hydrogen-bond acceptors (Lipinski definition) is 4. The van der Waals surface area contributed by atoms with E-state index in [2.05, 4.69) is 37.8 Å². The Hall–Kier alpha value is 0.763. The van der Waals surface area contributed by atoms with E-state index in [9.17, 15) is 9.79 Å². The van der Waals surface area contributed by atoms with E-state index in [1.807, 2.05) is 6.07 Å². The molecule has 0 heterocycles. The standard InChI is InChI=1S/C40H75O2PS2.Zn/c1-3-5-7-9-11-13-15-17-19-21-23-25-27-29-31-33-38-35-36-40(45-43(41,42)44)37-39(38)34-32-30-28-26-24-22-20-18-16-14-12-10-8-6-4-2;/h35-37H,3-34H2,1-2H3,(H2,41,42,44);/q;+2/p-2. The summed E-state index contributed by atoms with van der Waals surface area (Å²) < 4.78 is 0. The van der Waals surface area contributed by atoms with Crippen LogP contribution in [0.25, 0.3) is 0 Å². The fourth-order valence-corrected chi connectivity index (χ4v) is 9.11. The van der Waals surface area contributed by atoms with Crippen LogP contribution < -0.4 is 9.79 Å². The van der Waals surface area contributed by atoms with Gasteiger partial charge in [-0.3, -0.25) is 0 Å². The van der Waals surface area contributed by atoms with E-state index in [1.165, 1.54) is 204 Å². The summed E-state index contributed by atoms with van der Waals surface area (Å²) in [5.41, 5.74) is -1.02. The summed E-state index contributed by atoms with van der Waals surface area (Å²) in [5, 5.41) is 0. The molecule has 0 amide bonds. The molecule has 0 radical (unpaired) electrons. The summed E-state index contributed by atoms with van der Waals surface area (Å²) in [4.78, 5) is 24.3. The minimum Gasteiger partial charge on any atom is -0.824 e. The first-order valence-corrected chi connectivity index (χ1v) is 23.9. The van der Waals surface area contributed by atoms with Crippen molar-refractivity contribution in [2.75, 3.05) is 0 Å². The van der Waals surface area contributed by atoms with E-state index in [0.29, 0.717) is 0 Å². The zero-order valence-corrected chi connectivity index (χ0v) is 36.1. The second-order valence-corrected chi connectivity index (χ2v) is 19.5. The molecular formula is C40H73O2PS2Zn. The molecule has 0 saturated carbocycles. The molecule has 0 aromatic heterocycles. The van der Waals surface area contributed by atoms with Gasteiger partial charge in [0.15, 0.2) is 0 Å². The van der Waals surface area contributed by atoms with Gasteiger partial charge in [0.2, 0.25) is 0 Å². The average Bonchev–Trinajstić information content (AvgIpc) is 3.01. The fraction of sp³-hybridized carbons (Fsp3) is 0.850. The molecule has 0 N–H and O–H groups in total. The maximum Gasteiger partial charge on any atom is 2.00 e. The smallest absolute Gasteiger partial charge is 0.824 e. The Morgan fingerprint density at radius 2 is 0.739 bits per heavy atom. The molecule has 0 bridgehead atoms. The van der Waals surface area contributed by atoms with Gasteiger partial charge in [-0.1, -0.05) is 200 Å². The molecule has 0 spiro atoms. The van der Waals surface area contributed by atoms with Crippen LogP contribution in [0, 0.1) is 0 Å². The van der Waals surface area contributed by atoms with Gasteiger partial charge in [0.25, 0.3) is 0 Å². The van der Waals surface area contributed by atoms with Gasteiger partial charge in [-0.15, -0.1) is 23.2 Å². The van der Waals surface area contributed by atoms with Crippen LogP contribution in [-0.2, 0) is 44.1 Å². The van der Waals surface area contributed by atoms with Crippen molar-refractivity contribution in [1.29, 1.82) is 0 Å². The minimum absolute atomic E-state index is 0. The Labute approximate surface area is 309 Å². The third-order valence-corrected chi connectivity index (χ3v) is 12.2. The van der Waals surface area contributed by atoms with E-state index in [0.717, 1.165) is 29.1 Å². The largest absolute Gasteiger partial charge is 2.00 e. The van der Waals surface area contributed by atoms with Crippen molar-refractivity contribution in [1.82, 2.24) is 0 Å². The number of hydrogen-bond donors (Lipinski definition) is 0. The van der Waals surface area contributed by atoms with Gasteiger partial charge in [0, 0.05) is 4.90 Å². The molecule has 1 aromatic carbocycles. The second kappa shape index (κ2) is 34.2. The number of rotatable bonds is 34. The van der Waals surface area contributed by atoms with Crippen molar-refractivity contribution in [3.8, 4) is 0 Å². The van der Waals surface area contributed by atoms with E-state index in [-0.39, 0.29) is 19.5 Å². The third-order valence-electron chi connectivity index (χ3n) is 9.49. The van der Waals surface area contributed by atoms with Gasteiger partial charge in [-0.25, -0.2) is 0 Å². The van der Waals surface area contributed by atoms with Gasteiger partial charge >= 0.3 is 19.5 Å². The zero-order valence-electron chi connectivity index (χ0n) is 30.6. The van der Waals surface area contributed by atoms with Crippen molar-refractivity contribution >= 4 is 28.9 Å². The van der Waals surface area contributed by atoms with Gasteiger partial charge in [-0.05, 0) is 48.9 Å². The molecule has 1 rings (SSSR count). The Morgan fingerprint density at radius 1 is 0.457 bits per heavy atom. The monoisotopic (exact) mass is 744 g/mol. The summed E-state index contributed by atoms with van der Waals surface area (Å²) in [6, 6.07) is 6.27. The molecule has 0 atom stereocenters. The first-order valence-electron chi connectivity index (χ1n) is 19.8. The first-order chi connectivity index (χ1) is 22.0. The van der Waals surface area contributed by atoms with E-state index in [4.69, 9.17) is 0 Å². The van der Waals surface area contributed by atoms with Gasteiger partial charge in [-0.2, -0.15) is 5.69 Å². The predicted molar refractivity (Wildman–Crippen MR) is 204 cm³/mol. The van der Waals surface area contributed by atoms with E-state index >= 15 is 0 Å². The Balaban J connectivity index is 0.0000202. The molecule has 1 aromatic rings. The second-order valence-electron chi connectivity index (χ2n) is 13.9. The normalized spacial score (nSPS) is 11.7. The minimum atomic E-state index is -3.79. The van der Waals surface area contributed by atoms with Crippen LogP contribution in [0.4, 0.5) is 0 Å². The van der Waals surface area contributed by atoms with Crippen LogP contribution in [0.1, 0.15) is 218 Å². The predicted octanol–water partition coefficient (Wildman–Crippen LogP) is 13.5. The maximum absolute atomic E-state index is 11.7. The molecular weight excluding hydrogens is 673 g/mol. The van der Waals surface area contributed by atoms with Crippen molar-refractivity contribution in [3.63, 3.8) is 0 Å². The quantitative estimate of drug-likeness (QED) is 0.0400. The Morgan fingerprint density at radius 3 is 1.04 bits per heavy atom. The summed E-state index contributed by atoms with van der Waals surface area (Å²) >= 11 is 5.54. The van der Waals surface area contributed by atoms with Crippen molar-refractivity contribution in [2.45, 2.75) is 224 Å². The van der Waals surface area contributed by atoms with E-state index in [1.54, 1.807) is 0 Å². The maximum atomic E-state index is 11.7. The fourth-order valence-electron chi connectivity index (χ4n) is 6.64.